The van der Waals surface area contributed by atoms with Crippen LogP contribution in [0.3, 0.4) is 0 Å². The highest BCUT2D eigenvalue weighted by atomic mass is 16.5. The molecule has 0 spiro atoms. The molecule has 1 aromatic carbocycles. The molecule has 5 nitrogen and oxygen atoms in total. The Balaban J connectivity index is 1.95. The van der Waals surface area contributed by atoms with Crippen molar-refractivity contribution in [2.24, 2.45) is 5.41 Å². The van der Waals surface area contributed by atoms with E-state index in [2.05, 4.69) is 5.32 Å². The zero-order valence-corrected chi connectivity index (χ0v) is 12.4. The van der Waals surface area contributed by atoms with E-state index in [0.29, 0.717) is 6.42 Å². The van der Waals surface area contributed by atoms with Gasteiger partial charge >= 0.3 is 12.1 Å². The van der Waals surface area contributed by atoms with Crippen molar-refractivity contribution in [3.8, 4) is 0 Å². The Morgan fingerprint density at radius 1 is 1.24 bits per heavy atom. The van der Waals surface area contributed by atoms with Crippen LogP contribution in [0.15, 0.2) is 30.3 Å². The van der Waals surface area contributed by atoms with Crippen LogP contribution in [-0.4, -0.2) is 22.7 Å². The Morgan fingerprint density at radius 3 is 2.38 bits per heavy atom. The number of carboxylic acids is 1. The van der Waals surface area contributed by atoms with E-state index in [-0.39, 0.29) is 18.4 Å². The van der Waals surface area contributed by atoms with Crippen LogP contribution in [0.4, 0.5) is 4.79 Å². The van der Waals surface area contributed by atoms with Crippen LogP contribution in [0.2, 0.25) is 0 Å². The molecular formula is C16H21NO4. The van der Waals surface area contributed by atoms with E-state index in [9.17, 15) is 9.59 Å². The Bertz CT molecular complexity index is 526. The molecule has 0 saturated heterocycles. The highest BCUT2D eigenvalue weighted by Crippen LogP contribution is 2.51. The van der Waals surface area contributed by atoms with E-state index < -0.39 is 17.6 Å². The Kier molecular flexibility index (Phi) is 4.21. The molecule has 0 heterocycles. The zero-order chi connectivity index (χ0) is 15.5. The first-order valence-corrected chi connectivity index (χ1v) is 7.05. The number of carbonyl (C=O) groups is 2. The van der Waals surface area contributed by atoms with Crippen molar-refractivity contribution in [1.82, 2.24) is 5.32 Å². The first-order valence-electron chi connectivity index (χ1n) is 7.05. The minimum absolute atomic E-state index is 0.0829. The second-order valence-corrected chi connectivity index (χ2v) is 6.22. The average Bonchev–Trinajstić information content (AvgIpc) is 2.44. The van der Waals surface area contributed by atoms with Crippen LogP contribution in [0.1, 0.15) is 38.7 Å². The predicted octanol–water partition coefficient (Wildman–Crippen LogP) is 2.95. The van der Waals surface area contributed by atoms with Gasteiger partial charge in [-0.05, 0) is 23.8 Å². The lowest BCUT2D eigenvalue weighted by atomic mass is 9.55. The molecule has 2 N–H and O–H groups in total. The minimum atomic E-state index is -0.911. The van der Waals surface area contributed by atoms with Gasteiger partial charge in [0.15, 0.2) is 0 Å². The molecule has 0 bridgehead atoms. The van der Waals surface area contributed by atoms with Crippen LogP contribution < -0.4 is 5.32 Å². The number of rotatable bonds is 5. The third kappa shape index (κ3) is 3.35. The van der Waals surface area contributed by atoms with Gasteiger partial charge in [0.25, 0.3) is 0 Å². The summed E-state index contributed by atoms with van der Waals surface area (Å²) in [6.07, 6.45) is 0.903. The molecule has 1 amide bonds. The summed E-state index contributed by atoms with van der Waals surface area (Å²) < 4.78 is 5.19. The van der Waals surface area contributed by atoms with Gasteiger partial charge in [-0.2, -0.15) is 0 Å². The van der Waals surface area contributed by atoms with E-state index >= 15 is 0 Å². The van der Waals surface area contributed by atoms with Crippen molar-refractivity contribution in [2.75, 3.05) is 0 Å². The topological polar surface area (TPSA) is 75.6 Å². The second kappa shape index (κ2) is 5.76. The van der Waals surface area contributed by atoms with E-state index in [1.807, 2.05) is 44.2 Å². The van der Waals surface area contributed by atoms with Crippen LogP contribution in [0.5, 0.6) is 0 Å². The predicted molar refractivity (Wildman–Crippen MR) is 77.8 cm³/mol. The summed E-state index contributed by atoms with van der Waals surface area (Å²) in [7, 11) is 0. The van der Waals surface area contributed by atoms with Crippen molar-refractivity contribution in [3.63, 3.8) is 0 Å². The molecule has 5 heteroatoms. The van der Waals surface area contributed by atoms with Crippen molar-refractivity contribution in [1.29, 1.82) is 0 Å². The molecule has 1 atom stereocenters. The molecule has 21 heavy (non-hydrogen) atoms. The lowest BCUT2D eigenvalue weighted by Crippen LogP contribution is -2.65. The molecule has 1 aliphatic rings. The van der Waals surface area contributed by atoms with Crippen LogP contribution in [0.25, 0.3) is 0 Å². The third-order valence-electron chi connectivity index (χ3n) is 4.48. The normalized spacial score (nSPS) is 23.0. The summed E-state index contributed by atoms with van der Waals surface area (Å²) in [5, 5.41) is 11.9. The zero-order valence-electron chi connectivity index (χ0n) is 12.4. The van der Waals surface area contributed by atoms with Crippen LogP contribution in [0, 0.1) is 5.41 Å². The molecule has 2 rings (SSSR count). The number of hydrogen-bond acceptors (Lipinski definition) is 3. The lowest BCUT2D eigenvalue weighted by molar-refractivity contribution is -0.143. The van der Waals surface area contributed by atoms with Gasteiger partial charge in [-0.3, -0.25) is 4.79 Å². The smallest absolute Gasteiger partial charge is 0.407 e. The summed E-state index contributed by atoms with van der Waals surface area (Å²) in [5.74, 6) is -0.911. The molecule has 1 aromatic rings. The maximum Gasteiger partial charge on any atom is 0.407 e. The number of aliphatic carboxylic acids is 1. The van der Waals surface area contributed by atoms with Gasteiger partial charge < -0.3 is 15.2 Å². The molecule has 1 fully saturated rings. The summed E-state index contributed by atoms with van der Waals surface area (Å²) in [5.41, 5.74) is -0.0585. The lowest BCUT2D eigenvalue weighted by Gasteiger charge is -2.55. The fourth-order valence-corrected chi connectivity index (χ4v) is 2.74. The first kappa shape index (κ1) is 15.4. The fourth-order valence-electron chi connectivity index (χ4n) is 2.74. The monoisotopic (exact) mass is 291 g/mol. The molecule has 1 unspecified atom stereocenters. The van der Waals surface area contributed by atoms with E-state index in [0.717, 1.165) is 12.0 Å². The third-order valence-corrected chi connectivity index (χ3v) is 4.48. The molecule has 0 aromatic heterocycles. The van der Waals surface area contributed by atoms with Gasteiger partial charge in [0.05, 0.1) is 12.0 Å². The maximum absolute atomic E-state index is 12.0. The first-order chi connectivity index (χ1) is 9.85. The van der Waals surface area contributed by atoms with Gasteiger partial charge in [0.1, 0.15) is 6.61 Å². The summed E-state index contributed by atoms with van der Waals surface area (Å²) in [6, 6.07) is 9.37. The number of carbonyl (C=O) groups excluding carboxylic acids is 1. The van der Waals surface area contributed by atoms with Crippen molar-refractivity contribution < 1.29 is 19.4 Å². The number of benzene rings is 1. The molecular weight excluding hydrogens is 270 g/mol. The molecule has 114 valence electrons. The second-order valence-electron chi connectivity index (χ2n) is 6.22. The molecule has 0 radical (unpaired) electrons. The van der Waals surface area contributed by atoms with Gasteiger partial charge in [0.2, 0.25) is 0 Å². The fraction of sp³-hybridized carbons (Fsp3) is 0.500. The number of amides is 1. The quantitative estimate of drug-likeness (QED) is 0.874. The maximum atomic E-state index is 12.0. The Hall–Kier alpha value is -2.04. The average molecular weight is 291 g/mol. The summed E-state index contributed by atoms with van der Waals surface area (Å²) >= 11 is 0. The number of alkyl carbamates (subject to hydrolysis) is 1. The van der Waals surface area contributed by atoms with Gasteiger partial charge in [0, 0.05) is 0 Å². The van der Waals surface area contributed by atoms with Crippen molar-refractivity contribution >= 4 is 12.1 Å². The summed E-state index contributed by atoms with van der Waals surface area (Å²) in [4.78, 5) is 23.0. The standard InChI is InChI=1S/C16H21NO4/c1-15(2)8-9-16(15,10-13(18)19)17-14(20)21-11-12-6-4-3-5-7-12/h3-7H,8-11H2,1-2H3,(H,17,20)(H,18,19). The highest BCUT2D eigenvalue weighted by Gasteiger charge is 2.55. The number of nitrogens with one attached hydrogen (secondary N) is 1. The van der Waals surface area contributed by atoms with Crippen molar-refractivity contribution in [2.45, 2.75) is 45.3 Å². The molecule has 0 aliphatic heterocycles. The largest absolute Gasteiger partial charge is 0.481 e. The van der Waals surface area contributed by atoms with E-state index in [1.54, 1.807) is 0 Å². The Morgan fingerprint density at radius 2 is 1.90 bits per heavy atom. The minimum Gasteiger partial charge on any atom is -0.481 e. The van der Waals surface area contributed by atoms with E-state index in [4.69, 9.17) is 9.84 Å². The highest BCUT2D eigenvalue weighted by molar-refractivity contribution is 5.73. The van der Waals surface area contributed by atoms with Crippen LogP contribution >= 0.6 is 0 Å². The molecule has 1 aliphatic carbocycles. The van der Waals surface area contributed by atoms with Gasteiger partial charge in [-0.1, -0.05) is 44.2 Å². The van der Waals surface area contributed by atoms with Crippen molar-refractivity contribution in [3.05, 3.63) is 35.9 Å². The molecule has 1 saturated carbocycles. The summed E-state index contributed by atoms with van der Waals surface area (Å²) in [6.45, 7) is 4.12. The van der Waals surface area contributed by atoms with Crippen LogP contribution in [-0.2, 0) is 16.1 Å². The number of carboxylic acid groups (broad SMARTS) is 1. The SMILES string of the molecule is CC1(C)CCC1(CC(=O)O)NC(=O)OCc1ccccc1. The Labute approximate surface area is 124 Å². The number of hydrogen-bond donors (Lipinski definition) is 2. The van der Waals surface area contributed by atoms with Gasteiger partial charge in [-0.25, -0.2) is 4.79 Å². The number of ether oxygens (including phenoxy) is 1. The van der Waals surface area contributed by atoms with Gasteiger partial charge in [-0.15, -0.1) is 0 Å². The van der Waals surface area contributed by atoms with E-state index in [1.165, 1.54) is 0 Å².